The van der Waals surface area contributed by atoms with Crippen LogP contribution >= 0.6 is 0 Å². The van der Waals surface area contributed by atoms with E-state index in [1.807, 2.05) is 36.2 Å². The molecule has 0 spiro atoms. The van der Waals surface area contributed by atoms with Gasteiger partial charge in [-0.1, -0.05) is 18.2 Å². The predicted molar refractivity (Wildman–Crippen MR) is 79.7 cm³/mol. The van der Waals surface area contributed by atoms with Crippen LogP contribution in [0.15, 0.2) is 24.3 Å². The molecule has 1 aliphatic rings. The Kier molecular flexibility index (Phi) is 5.01. The van der Waals surface area contributed by atoms with Gasteiger partial charge in [0.05, 0.1) is 7.11 Å². The normalized spacial score (nSPS) is 21.8. The molecule has 0 heterocycles. The van der Waals surface area contributed by atoms with Crippen molar-refractivity contribution >= 4 is 5.91 Å². The van der Waals surface area contributed by atoms with Crippen LogP contribution in [-0.4, -0.2) is 37.6 Å². The zero-order chi connectivity index (χ0) is 14.5. The summed E-state index contributed by atoms with van der Waals surface area (Å²) in [6.45, 7) is 0.713. The molecule has 0 unspecified atom stereocenters. The molecule has 4 heteroatoms. The van der Waals surface area contributed by atoms with Crippen molar-refractivity contribution in [2.45, 2.75) is 31.7 Å². The quantitative estimate of drug-likeness (QED) is 0.892. The molecule has 0 saturated heterocycles. The number of para-hydroxylation sites is 1. The van der Waals surface area contributed by atoms with Crippen LogP contribution in [0.2, 0.25) is 0 Å². The van der Waals surface area contributed by atoms with Gasteiger partial charge in [-0.25, -0.2) is 0 Å². The molecule has 1 aromatic carbocycles. The third-order valence-electron chi connectivity index (χ3n) is 4.11. The molecule has 2 rings (SSSR count). The number of benzene rings is 1. The van der Waals surface area contributed by atoms with E-state index in [2.05, 4.69) is 0 Å². The highest BCUT2D eigenvalue weighted by molar-refractivity contribution is 5.79. The predicted octanol–water partition coefficient (Wildman–Crippen LogP) is 1.82. The largest absolute Gasteiger partial charge is 0.496 e. The smallest absolute Gasteiger partial charge is 0.225 e. The first-order valence-corrected chi connectivity index (χ1v) is 7.24. The van der Waals surface area contributed by atoms with Crippen LogP contribution in [0, 0.1) is 5.92 Å². The van der Waals surface area contributed by atoms with E-state index < -0.39 is 0 Å². The maximum absolute atomic E-state index is 12.3. The molecule has 1 amide bonds. The van der Waals surface area contributed by atoms with E-state index in [0.717, 1.165) is 37.0 Å². The molecular weight excluding hydrogens is 252 g/mol. The van der Waals surface area contributed by atoms with Gasteiger partial charge in [0, 0.05) is 25.6 Å². The maximum atomic E-state index is 12.3. The van der Waals surface area contributed by atoms with E-state index in [1.54, 1.807) is 7.11 Å². The summed E-state index contributed by atoms with van der Waals surface area (Å²) < 4.78 is 5.33. The summed E-state index contributed by atoms with van der Waals surface area (Å²) in [6, 6.07) is 8.15. The second kappa shape index (κ2) is 6.75. The van der Waals surface area contributed by atoms with E-state index in [4.69, 9.17) is 10.5 Å². The summed E-state index contributed by atoms with van der Waals surface area (Å²) in [5, 5.41) is 0. The summed E-state index contributed by atoms with van der Waals surface area (Å²) >= 11 is 0. The van der Waals surface area contributed by atoms with Crippen LogP contribution in [0.25, 0.3) is 0 Å². The molecule has 0 radical (unpaired) electrons. The van der Waals surface area contributed by atoms with Crippen molar-refractivity contribution in [1.29, 1.82) is 0 Å². The molecule has 4 nitrogen and oxygen atoms in total. The summed E-state index contributed by atoms with van der Waals surface area (Å²) in [5.74, 6) is 1.23. The third-order valence-corrected chi connectivity index (χ3v) is 4.11. The molecule has 110 valence electrons. The Morgan fingerprint density at radius 1 is 1.40 bits per heavy atom. The fourth-order valence-electron chi connectivity index (χ4n) is 2.86. The Balaban J connectivity index is 1.88. The molecule has 0 bridgehead atoms. The molecule has 1 saturated carbocycles. The van der Waals surface area contributed by atoms with Crippen LogP contribution < -0.4 is 10.5 Å². The molecule has 20 heavy (non-hydrogen) atoms. The second-order valence-electron chi connectivity index (χ2n) is 5.59. The first-order chi connectivity index (χ1) is 9.61. The number of likely N-dealkylation sites (N-methyl/N-ethyl adjacent to an activating group) is 1. The summed E-state index contributed by atoms with van der Waals surface area (Å²) in [5.41, 5.74) is 7.02. The van der Waals surface area contributed by atoms with E-state index in [9.17, 15) is 4.79 Å². The number of methoxy groups -OCH3 is 1. The maximum Gasteiger partial charge on any atom is 0.225 e. The number of nitrogens with zero attached hydrogens (tertiary/aromatic N) is 1. The second-order valence-corrected chi connectivity index (χ2v) is 5.59. The third kappa shape index (κ3) is 3.51. The van der Waals surface area contributed by atoms with Crippen molar-refractivity contribution in [2.24, 2.45) is 11.7 Å². The number of ether oxygens (including phenoxy) is 1. The fraction of sp³-hybridized carbons (Fsp3) is 0.562. The van der Waals surface area contributed by atoms with Gasteiger partial charge in [0.1, 0.15) is 5.75 Å². The molecular formula is C16H24N2O2. The van der Waals surface area contributed by atoms with E-state index in [0.29, 0.717) is 6.54 Å². The standard InChI is InChI=1S/C16H24N2O2/c1-18(16(19)13-7-8-14(17)11-13)10-9-12-5-3-4-6-15(12)20-2/h3-6,13-14H,7-11,17H2,1-2H3/t13-,14-/m0/s1. The van der Waals surface area contributed by atoms with Crippen molar-refractivity contribution in [3.05, 3.63) is 29.8 Å². The van der Waals surface area contributed by atoms with E-state index >= 15 is 0 Å². The number of carbonyl (C=O) groups is 1. The Labute approximate surface area is 120 Å². The lowest BCUT2D eigenvalue weighted by Crippen LogP contribution is -2.34. The Bertz CT molecular complexity index is 462. The molecule has 2 N–H and O–H groups in total. The van der Waals surface area contributed by atoms with Gasteiger partial charge < -0.3 is 15.4 Å². The lowest BCUT2D eigenvalue weighted by Gasteiger charge is -2.21. The van der Waals surface area contributed by atoms with E-state index in [-0.39, 0.29) is 17.9 Å². The minimum absolute atomic E-state index is 0.118. The van der Waals surface area contributed by atoms with Gasteiger partial charge in [0.25, 0.3) is 0 Å². The average Bonchev–Trinajstić information content (AvgIpc) is 2.90. The lowest BCUT2D eigenvalue weighted by molar-refractivity contribution is -0.134. The molecule has 1 fully saturated rings. The van der Waals surface area contributed by atoms with Gasteiger partial charge >= 0.3 is 0 Å². The Morgan fingerprint density at radius 3 is 2.80 bits per heavy atom. The number of carbonyl (C=O) groups excluding carboxylic acids is 1. The summed E-state index contributed by atoms with van der Waals surface area (Å²) in [6.07, 6.45) is 3.54. The van der Waals surface area contributed by atoms with E-state index in [1.165, 1.54) is 0 Å². The van der Waals surface area contributed by atoms with Crippen LogP contribution in [-0.2, 0) is 11.2 Å². The van der Waals surface area contributed by atoms with Gasteiger partial charge in [0.15, 0.2) is 0 Å². The Hall–Kier alpha value is -1.55. The minimum atomic E-state index is 0.118. The highest BCUT2D eigenvalue weighted by atomic mass is 16.5. The number of hydrogen-bond donors (Lipinski definition) is 1. The number of rotatable bonds is 5. The van der Waals surface area contributed by atoms with Gasteiger partial charge in [-0.15, -0.1) is 0 Å². The minimum Gasteiger partial charge on any atom is -0.496 e. The molecule has 2 atom stereocenters. The molecule has 0 aromatic heterocycles. The van der Waals surface area contributed by atoms with Crippen molar-refractivity contribution < 1.29 is 9.53 Å². The SMILES string of the molecule is COc1ccccc1CCN(C)C(=O)[C@H]1CC[C@H](N)C1. The van der Waals surface area contributed by atoms with Crippen LogP contribution in [0.5, 0.6) is 5.75 Å². The molecule has 0 aliphatic heterocycles. The van der Waals surface area contributed by atoms with Gasteiger partial charge in [-0.05, 0) is 37.3 Å². The van der Waals surface area contributed by atoms with Crippen LogP contribution in [0.4, 0.5) is 0 Å². The number of amides is 1. The highest BCUT2D eigenvalue weighted by Gasteiger charge is 2.29. The number of nitrogens with two attached hydrogens (primary N) is 1. The van der Waals surface area contributed by atoms with Crippen molar-refractivity contribution in [1.82, 2.24) is 4.90 Å². The Morgan fingerprint density at radius 2 is 2.15 bits per heavy atom. The molecule has 1 aliphatic carbocycles. The topological polar surface area (TPSA) is 55.6 Å². The summed E-state index contributed by atoms with van der Waals surface area (Å²) in [7, 11) is 3.55. The molecule has 1 aromatic rings. The summed E-state index contributed by atoms with van der Waals surface area (Å²) in [4.78, 5) is 14.1. The zero-order valence-electron chi connectivity index (χ0n) is 12.3. The number of hydrogen-bond acceptors (Lipinski definition) is 3. The van der Waals surface area contributed by atoms with Gasteiger partial charge in [0.2, 0.25) is 5.91 Å². The van der Waals surface area contributed by atoms with Crippen molar-refractivity contribution in [3.63, 3.8) is 0 Å². The van der Waals surface area contributed by atoms with Crippen LogP contribution in [0.3, 0.4) is 0 Å². The lowest BCUT2D eigenvalue weighted by atomic mass is 10.1. The first-order valence-electron chi connectivity index (χ1n) is 7.24. The highest BCUT2D eigenvalue weighted by Crippen LogP contribution is 2.26. The average molecular weight is 276 g/mol. The van der Waals surface area contributed by atoms with Gasteiger partial charge in [-0.2, -0.15) is 0 Å². The zero-order valence-corrected chi connectivity index (χ0v) is 12.3. The van der Waals surface area contributed by atoms with Crippen molar-refractivity contribution in [2.75, 3.05) is 20.7 Å². The van der Waals surface area contributed by atoms with Crippen LogP contribution in [0.1, 0.15) is 24.8 Å². The first kappa shape index (κ1) is 14.9. The monoisotopic (exact) mass is 276 g/mol. The van der Waals surface area contributed by atoms with Gasteiger partial charge in [-0.3, -0.25) is 4.79 Å². The fourth-order valence-corrected chi connectivity index (χ4v) is 2.86. The van der Waals surface area contributed by atoms with Crippen molar-refractivity contribution in [3.8, 4) is 5.75 Å².